The first-order valence-corrected chi connectivity index (χ1v) is 7.45. The largest absolute Gasteiger partial charge is 0.368 e. The summed E-state index contributed by atoms with van der Waals surface area (Å²) >= 11 is 0. The van der Waals surface area contributed by atoms with Crippen molar-refractivity contribution in [3.63, 3.8) is 0 Å². The Hall–Kier alpha value is -1.01. The quantitative estimate of drug-likeness (QED) is 0.223. The van der Waals surface area contributed by atoms with E-state index < -0.39 is 5.54 Å². The molecule has 0 unspecified atom stereocenters. The molecule has 7 heteroatoms. The molecule has 1 rings (SSSR count). The van der Waals surface area contributed by atoms with Crippen LogP contribution in [0.1, 0.15) is 27.2 Å². The zero-order valence-corrected chi connectivity index (χ0v) is 16.1. The Balaban J connectivity index is 0.00000441. The van der Waals surface area contributed by atoms with Crippen LogP contribution >= 0.6 is 24.0 Å². The molecule has 1 aliphatic rings. The average molecular weight is 421 g/mol. The molecule has 0 aromatic carbocycles. The van der Waals surface area contributed by atoms with Crippen LogP contribution in [-0.4, -0.2) is 66.5 Å². The summed E-state index contributed by atoms with van der Waals surface area (Å²) in [6, 6.07) is 0. The van der Waals surface area contributed by atoms with Crippen molar-refractivity contribution in [3.05, 3.63) is 0 Å². The highest BCUT2D eigenvalue weighted by atomic mass is 127. The highest BCUT2D eigenvalue weighted by Gasteiger charge is 2.35. The molecule has 0 radical (unpaired) electrons. The van der Waals surface area contributed by atoms with E-state index in [2.05, 4.69) is 26.0 Å². The van der Waals surface area contributed by atoms with Gasteiger partial charge in [0.25, 0.3) is 0 Å². The van der Waals surface area contributed by atoms with Crippen molar-refractivity contribution < 1.29 is 4.79 Å². The number of hydrogen-bond acceptors (Lipinski definition) is 3. The van der Waals surface area contributed by atoms with Crippen molar-refractivity contribution in [2.24, 2.45) is 10.7 Å². The van der Waals surface area contributed by atoms with Crippen molar-refractivity contribution in [2.75, 3.05) is 39.3 Å². The van der Waals surface area contributed by atoms with E-state index in [1.807, 2.05) is 20.8 Å². The number of carbonyl (C=O) groups is 1. The van der Waals surface area contributed by atoms with Crippen molar-refractivity contribution in [3.8, 4) is 12.3 Å². The lowest BCUT2D eigenvalue weighted by Crippen LogP contribution is -2.61. The molecule has 1 fully saturated rings. The van der Waals surface area contributed by atoms with Crippen LogP contribution in [0.4, 0.5) is 0 Å². The molecule has 0 aromatic heterocycles. The number of nitrogens with one attached hydrogen (secondary N) is 1. The van der Waals surface area contributed by atoms with Gasteiger partial charge in [-0.1, -0.05) is 0 Å². The van der Waals surface area contributed by atoms with Gasteiger partial charge in [-0.15, -0.1) is 36.3 Å². The second-order valence-electron chi connectivity index (χ2n) is 5.59. The van der Waals surface area contributed by atoms with Gasteiger partial charge in [-0.2, -0.15) is 0 Å². The highest BCUT2D eigenvalue weighted by Crippen LogP contribution is 2.16. The van der Waals surface area contributed by atoms with Crippen LogP contribution in [0.25, 0.3) is 0 Å². The zero-order valence-electron chi connectivity index (χ0n) is 13.8. The summed E-state index contributed by atoms with van der Waals surface area (Å²) in [6.07, 6.45) is 5.90. The smallest absolute Gasteiger partial charge is 0.237 e. The van der Waals surface area contributed by atoms with Gasteiger partial charge in [0, 0.05) is 39.1 Å². The molecule has 3 N–H and O–H groups in total. The third-order valence-electron chi connectivity index (χ3n) is 3.83. The van der Waals surface area contributed by atoms with Crippen molar-refractivity contribution in [1.82, 2.24) is 15.1 Å². The van der Waals surface area contributed by atoms with Gasteiger partial charge in [-0.25, -0.2) is 0 Å². The standard InChI is InChI=1S/C15H27N5O.HI/c1-5-7-8-18-14(17-6-2)19-9-11-20(12-10-19)15(3,4)13(16)21;/h1H,6-12H2,2-4H3,(H2,16,21)(H,17,18);1H. The number of halogens is 1. The number of piperazine rings is 1. The third-order valence-corrected chi connectivity index (χ3v) is 3.83. The first kappa shape index (κ1) is 21.0. The number of nitrogens with two attached hydrogens (primary N) is 1. The number of carbonyl (C=O) groups excluding carboxylic acids is 1. The maximum absolute atomic E-state index is 11.5. The molecule has 0 aliphatic carbocycles. The number of terminal acetylenes is 1. The van der Waals surface area contributed by atoms with Gasteiger partial charge in [-0.05, 0) is 20.8 Å². The molecule has 0 atom stereocenters. The number of aliphatic imine (C=N–C) groups is 1. The molecular weight excluding hydrogens is 393 g/mol. The Morgan fingerprint density at radius 1 is 1.36 bits per heavy atom. The van der Waals surface area contributed by atoms with Crippen LogP contribution in [0, 0.1) is 12.3 Å². The predicted molar refractivity (Wildman–Crippen MR) is 101 cm³/mol. The van der Waals surface area contributed by atoms with Crippen LogP contribution in [0.2, 0.25) is 0 Å². The van der Waals surface area contributed by atoms with Crippen LogP contribution in [0.5, 0.6) is 0 Å². The van der Waals surface area contributed by atoms with E-state index in [-0.39, 0.29) is 29.9 Å². The summed E-state index contributed by atoms with van der Waals surface area (Å²) in [7, 11) is 0. The molecule has 1 saturated heterocycles. The Labute approximate surface area is 150 Å². The first-order valence-electron chi connectivity index (χ1n) is 7.45. The molecule has 0 spiro atoms. The van der Waals surface area contributed by atoms with Crippen molar-refractivity contribution >= 4 is 35.8 Å². The predicted octanol–water partition coefficient (Wildman–Crippen LogP) is 0.475. The Morgan fingerprint density at radius 3 is 2.41 bits per heavy atom. The number of amides is 1. The molecule has 1 aliphatic heterocycles. The maximum Gasteiger partial charge on any atom is 0.237 e. The minimum atomic E-state index is -0.606. The lowest BCUT2D eigenvalue weighted by molar-refractivity contribution is -0.129. The minimum absolute atomic E-state index is 0. The Bertz CT molecular complexity index is 422. The second kappa shape index (κ2) is 9.90. The lowest BCUT2D eigenvalue weighted by atomic mass is 10.0. The monoisotopic (exact) mass is 421 g/mol. The second-order valence-corrected chi connectivity index (χ2v) is 5.59. The van der Waals surface area contributed by atoms with Crippen LogP contribution in [0.15, 0.2) is 4.99 Å². The van der Waals surface area contributed by atoms with Gasteiger partial charge >= 0.3 is 0 Å². The summed E-state index contributed by atoms with van der Waals surface area (Å²) < 4.78 is 0. The van der Waals surface area contributed by atoms with E-state index in [1.165, 1.54) is 0 Å². The molecule has 0 bridgehead atoms. The fourth-order valence-corrected chi connectivity index (χ4v) is 2.29. The molecule has 22 heavy (non-hydrogen) atoms. The third kappa shape index (κ3) is 5.65. The molecular formula is C15H28IN5O. The van der Waals surface area contributed by atoms with E-state index in [0.29, 0.717) is 13.0 Å². The van der Waals surface area contributed by atoms with Crippen LogP contribution in [0.3, 0.4) is 0 Å². The SMILES string of the molecule is C#CCCN=C(NCC)N1CCN(C(C)(C)C(N)=O)CC1.I. The lowest BCUT2D eigenvalue weighted by Gasteiger charge is -2.43. The fourth-order valence-electron chi connectivity index (χ4n) is 2.29. The average Bonchev–Trinajstić information content (AvgIpc) is 2.46. The van der Waals surface area contributed by atoms with Crippen LogP contribution in [-0.2, 0) is 4.79 Å². The summed E-state index contributed by atoms with van der Waals surface area (Å²) in [5, 5.41) is 3.28. The number of rotatable bonds is 5. The highest BCUT2D eigenvalue weighted by molar-refractivity contribution is 14.0. The van der Waals surface area contributed by atoms with E-state index in [9.17, 15) is 4.79 Å². The van der Waals surface area contributed by atoms with Gasteiger partial charge in [0.15, 0.2) is 5.96 Å². The molecule has 1 amide bonds. The minimum Gasteiger partial charge on any atom is -0.368 e. The molecule has 0 saturated carbocycles. The first-order chi connectivity index (χ1) is 9.93. The number of hydrogen-bond donors (Lipinski definition) is 2. The molecule has 6 nitrogen and oxygen atoms in total. The van der Waals surface area contributed by atoms with Gasteiger partial charge in [-0.3, -0.25) is 14.7 Å². The number of nitrogens with zero attached hydrogens (tertiary/aromatic N) is 3. The summed E-state index contributed by atoms with van der Waals surface area (Å²) in [6.45, 7) is 10.5. The molecule has 126 valence electrons. The van der Waals surface area contributed by atoms with Crippen molar-refractivity contribution in [1.29, 1.82) is 0 Å². The van der Waals surface area contributed by atoms with Gasteiger partial charge in [0.2, 0.25) is 5.91 Å². The van der Waals surface area contributed by atoms with Gasteiger partial charge in [0.1, 0.15) is 0 Å². The number of primary amides is 1. The maximum atomic E-state index is 11.5. The summed E-state index contributed by atoms with van der Waals surface area (Å²) in [5.41, 5.74) is 4.87. The van der Waals surface area contributed by atoms with Gasteiger partial charge < -0.3 is 16.0 Å². The topological polar surface area (TPSA) is 74.0 Å². The van der Waals surface area contributed by atoms with E-state index in [1.54, 1.807) is 0 Å². The van der Waals surface area contributed by atoms with E-state index >= 15 is 0 Å². The fraction of sp³-hybridized carbons (Fsp3) is 0.733. The van der Waals surface area contributed by atoms with Crippen LogP contribution < -0.4 is 11.1 Å². The zero-order chi connectivity index (χ0) is 15.9. The van der Waals surface area contributed by atoms with E-state index in [0.717, 1.165) is 38.7 Å². The molecule has 0 aromatic rings. The van der Waals surface area contributed by atoms with E-state index in [4.69, 9.17) is 12.2 Å². The normalized spacial score (nSPS) is 16.6. The summed E-state index contributed by atoms with van der Waals surface area (Å²) in [4.78, 5) is 20.4. The Morgan fingerprint density at radius 2 is 1.95 bits per heavy atom. The Kier molecular flexibility index (Phi) is 9.44. The summed E-state index contributed by atoms with van der Waals surface area (Å²) in [5.74, 6) is 3.20. The van der Waals surface area contributed by atoms with Crippen molar-refractivity contribution in [2.45, 2.75) is 32.7 Å². The molecule has 1 heterocycles. The number of guanidine groups is 1. The van der Waals surface area contributed by atoms with Gasteiger partial charge in [0.05, 0.1) is 12.1 Å².